The molecule has 2 atom stereocenters. The number of amides is 1. The van der Waals surface area contributed by atoms with Crippen molar-refractivity contribution in [1.82, 2.24) is 14.9 Å². The van der Waals surface area contributed by atoms with E-state index in [9.17, 15) is 13.6 Å². The smallest absolute Gasteiger partial charge is 0.257 e. The summed E-state index contributed by atoms with van der Waals surface area (Å²) in [6.45, 7) is 3.37. The van der Waals surface area contributed by atoms with Crippen LogP contribution in [0, 0.1) is 30.3 Å². The maximum atomic E-state index is 15.4. The number of rotatable bonds is 3. The topological polar surface area (TPSA) is 49.3 Å². The number of fused-ring (bicyclic) bond motifs is 2. The Balaban J connectivity index is 1.29. The number of aryl methyl sites for hydroxylation is 1. The molecule has 8 heteroatoms. The van der Waals surface area contributed by atoms with Gasteiger partial charge in [-0.1, -0.05) is 42.5 Å². The maximum absolute atomic E-state index is 15.4. The molecule has 2 aliphatic rings. The summed E-state index contributed by atoms with van der Waals surface area (Å²) in [6.07, 6.45) is 2.23. The first-order chi connectivity index (χ1) is 17.4. The predicted molar refractivity (Wildman–Crippen MR) is 131 cm³/mol. The lowest BCUT2D eigenvalue weighted by atomic mass is 9.82. The SMILES string of the molecule is Cc1ccc(-c2ccccc2)c(C(=O)N2CC[C@H]3CN(c4cnc5c(F)c(F)ccc5n4)[C@H]3C2)c1F. The number of hydrogen-bond donors (Lipinski definition) is 0. The van der Waals surface area contributed by atoms with Crippen molar-refractivity contribution in [3.05, 3.63) is 89.4 Å². The van der Waals surface area contributed by atoms with Gasteiger partial charge in [0.15, 0.2) is 11.6 Å². The lowest BCUT2D eigenvalue weighted by molar-refractivity contribution is 0.0587. The number of aromatic nitrogens is 2. The molecule has 0 spiro atoms. The summed E-state index contributed by atoms with van der Waals surface area (Å²) in [5, 5.41) is 0. The van der Waals surface area contributed by atoms with Crippen LogP contribution in [0.5, 0.6) is 0 Å². The fourth-order valence-electron chi connectivity index (χ4n) is 5.31. The van der Waals surface area contributed by atoms with Crippen LogP contribution in [0.15, 0.2) is 60.8 Å². The Morgan fingerprint density at radius 1 is 0.972 bits per heavy atom. The Hall–Kier alpha value is -3.94. The molecule has 5 nitrogen and oxygen atoms in total. The Kier molecular flexibility index (Phi) is 5.39. The second kappa shape index (κ2) is 8.62. The molecule has 1 amide bonds. The molecule has 182 valence electrons. The van der Waals surface area contributed by atoms with E-state index in [2.05, 4.69) is 9.97 Å². The minimum Gasteiger partial charge on any atom is -0.350 e. The third kappa shape index (κ3) is 3.59. The largest absolute Gasteiger partial charge is 0.350 e. The molecule has 2 saturated heterocycles. The van der Waals surface area contributed by atoms with E-state index in [1.54, 1.807) is 24.0 Å². The van der Waals surface area contributed by atoms with Crippen molar-refractivity contribution in [3.63, 3.8) is 0 Å². The van der Waals surface area contributed by atoms with Gasteiger partial charge in [-0.15, -0.1) is 0 Å². The summed E-state index contributed by atoms with van der Waals surface area (Å²) in [7, 11) is 0. The summed E-state index contributed by atoms with van der Waals surface area (Å²) >= 11 is 0. The highest BCUT2D eigenvalue weighted by Crippen LogP contribution is 2.37. The van der Waals surface area contributed by atoms with Crippen molar-refractivity contribution >= 4 is 22.8 Å². The Morgan fingerprint density at radius 3 is 2.58 bits per heavy atom. The first-order valence-corrected chi connectivity index (χ1v) is 11.9. The number of carbonyl (C=O) groups is 1. The molecule has 0 N–H and O–H groups in total. The van der Waals surface area contributed by atoms with Crippen LogP contribution < -0.4 is 4.90 Å². The van der Waals surface area contributed by atoms with Gasteiger partial charge in [0.05, 0.1) is 23.3 Å². The number of piperidine rings is 1. The molecule has 3 aromatic carbocycles. The van der Waals surface area contributed by atoms with Crippen LogP contribution in [0.3, 0.4) is 0 Å². The van der Waals surface area contributed by atoms with Crippen molar-refractivity contribution < 1.29 is 18.0 Å². The van der Waals surface area contributed by atoms with E-state index in [1.165, 1.54) is 12.3 Å². The highest BCUT2D eigenvalue weighted by molar-refractivity contribution is 6.01. The second-order valence-corrected chi connectivity index (χ2v) is 9.46. The number of hydrogen-bond acceptors (Lipinski definition) is 4. The Morgan fingerprint density at radius 2 is 1.78 bits per heavy atom. The number of likely N-dealkylation sites (tertiary alicyclic amines) is 1. The van der Waals surface area contributed by atoms with Crippen LogP contribution in [0.1, 0.15) is 22.3 Å². The third-order valence-electron chi connectivity index (χ3n) is 7.36. The monoisotopic (exact) mass is 488 g/mol. The van der Waals surface area contributed by atoms with Crippen LogP contribution in [0.4, 0.5) is 19.0 Å². The summed E-state index contributed by atoms with van der Waals surface area (Å²) in [5.41, 5.74) is 2.04. The van der Waals surface area contributed by atoms with E-state index >= 15 is 4.39 Å². The van der Waals surface area contributed by atoms with Crippen molar-refractivity contribution in [2.24, 2.45) is 5.92 Å². The maximum Gasteiger partial charge on any atom is 0.257 e. The second-order valence-electron chi connectivity index (χ2n) is 9.46. The van der Waals surface area contributed by atoms with Gasteiger partial charge in [-0.25, -0.2) is 23.1 Å². The quantitative estimate of drug-likeness (QED) is 0.389. The lowest BCUT2D eigenvalue weighted by Crippen LogP contribution is -2.65. The van der Waals surface area contributed by atoms with Gasteiger partial charge in [0.2, 0.25) is 0 Å². The van der Waals surface area contributed by atoms with Crippen molar-refractivity contribution in [2.45, 2.75) is 19.4 Å². The summed E-state index contributed by atoms with van der Waals surface area (Å²) in [4.78, 5) is 26.0. The number of nitrogens with zero attached hydrogens (tertiary/aromatic N) is 4. The van der Waals surface area contributed by atoms with Crippen molar-refractivity contribution in [3.8, 4) is 11.1 Å². The van der Waals surface area contributed by atoms with E-state index in [-0.39, 0.29) is 28.5 Å². The molecule has 4 aromatic rings. The van der Waals surface area contributed by atoms with Gasteiger partial charge in [-0.05, 0) is 42.2 Å². The Bertz CT molecular complexity index is 1490. The van der Waals surface area contributed by atoms with Crippen molar-refractivity contribution in [2.75, 3.05) is 24.5 Å². The molecule has 1 aromatic heterocycles. The fraction of sp³-hybridized carbons (Fsp3) is 0.250. The summed E-state index contributed by atoms with van der Waals surface area (Å²) in [5.74, 6) is -1.89. The van der Waals surface area contributed by atoms with E-state index in [0.717, 1.165) is 24.6 Å². The predicted octanol–water partition coefficient (Wildman–Crippen LogP) is 5.37. The molecule has 6 rings (SSSR count). The summed E-state index contributed by atoms with van der Waals surface area (Å²) < 4.78 is 42.9. The molecule has 36 heavy (non-hydrogen) atoms. The molecule has 0 radical (unpaired) electrons. The first kappa shape index (κ1) is 22.5. The molecule has 2 aliphatic heterocycles. The van der Waals surface area contributed by atoms with Gasteiger partial charge >= 0.3 is 0 Å². The van der Waals surface area contributed by atoms with E-state index in [0.29, 0.717) is 36.0 Å². The van der Waals surface area contributed by atoms with Gasteiger partial charge in [-0.3, -0.25) is 4.79 Å². The molecule has 2 fully saturated rings. The number of anilines is 1. The zero-order valence-electron chi connectivity index (χ0n) is 19.6. The number of carbonyl (C=O) groups excluding carboxylic acids is 1. The van der Waals surface area contributed by atoms with E-state index in [1.807, 2.05) is 35.2 Å². The van der Waals surface area contributed by atoms with Gasteiger partial charge < -0.3 is 9.80 Å². The minimum absolute atomic E-state index is 0.00668. The zero-order valence-corrected chi connectivity index (χ0v) is 19.6. The standard InChI is InChI=1S/C28H23F3N4O/c1-16-7-8-19(17-5-3-2-4-6-17)24(25(16)30)28(36)34-12-11-18-14-35(22(18)15-34)23-13-32-27-21(33-23)10-9-20(29)26(27)31/h2-10,13,18,22H,11-12,14-15H2,1H3/t18-,22-/m0/s1. The Labute approximate surface area is 206 Å². The molecular weight excluding hydrogens is 465 g/mol. The van der Waals surface area contributed by atoms with Crippen LogP contribution in [-0.4, -0.2) is 46.5 Å². The van der Waals surface area contributed by atoms with E-state index in [4.69, 9.17) is 0 Å². The molecule has 0 aliphatic carbocycles. The minimum atomic E-state index is -1.02. The number of halogens is 3. The lowest BCUT2D eigenvalue weighted by Gasteiger charge is -2.54. The third-order valence-corrected chi connectivity index (χ3v) is 7.36. The van der Waals surface area contributed by atoms with Gasteiger partial charge in [0.25, 0.3) is 5.91 Å². The fourth-order valence-corrected chi connectivity index (χ4v) is 5.31. The van der Waals surface area contributed by atoms with Gasteiger partial charge in [-0.2, -0.15) is 0 Å². The normalized spacial score (nSPS) is 19.2. The highest BCUT2D eigenvalue weighted by Gasteiger charge is 2.45. The molecule has 3 heterocycles. The average Bonchev–Trinajstić information content (AvgIpc) is 2.88. The molecule has 0 bridgehead atoms. The van der Waals surface area contributed by atoms with Crippen LogP contribution in [0.2, 0.25) is 0 Å². The summed E-state index contributed by atoms with van der Waals surface area (Å²) in [6, 6.07) is 15.3. The molecule has 0 unspecified atom stereocenters. The van der Waals surface area contributed by atoms with Gasteiger partial charge in [0, 0.05) is 25.6 Å². The van der Waals surface area contributed by atoms with Crippen LogP contribution in [-0.2, 0) is 0 Å². The average molecular weight is 489 g/mol. The highest BCUT2D eigenvalue weighted by atomic mass is 19.2. The zero-order chi connectivity index (χ0) is 25.0. The van der Waals surface area contributed by atoms with Crippen LogP contribution >= 0.6 is 0 Å². The molecular formula is C28H23F3N4O. The molecule has 0 saturated carbocycles. The van der Waals surface area contributed by atoms with E-state index < -0.39 is 17.5 Å². The number of benzene rings is 3. The van der Waals surface area contributed by atoms with Crippen molar-refractivity contribution in [1.29, 1.82) is 0 Å². The van der Waals surface area contributed by atoms with Gasteiger partial charge in [0.1, 0.15) is 17.2 Å². The van der Waals surface area contributed by atoms with Crippen LogP contribution in [0.25, 0.3) is 22.2 Å². The first-order valence-electron chi connectivity index (χ1n) is 11.9.